The summed E-state index contributed by atoms with van der Waals surface area (Å²) in [5.74, 6) is -0.824. The highest BCUT2D eigenvalue weighted by Gasteiger charge is 2.15. The highest BCUT2D eigenvalue weighted by molar-refractivity contribution is 7.10. The fourth-order valence-corrected chi connectivity index (χ4v) is 4.03. The second-order valence-corrected chi connectivity index (χ2v) is 7.16. The third-order valence-corrected chi connectivity index (χ3v) is 5.42. The molecule has 28 heavy (non-hydrogen) atoms. The van der Waals surface area contributed by atoms with Crippen molar-refractivity contribution in [2.45, 2.75) is 13.5 Å². The van der Waals surface area contributed by atoms with Gasteiger partial charge in [-0.3, -0.25) is 9.56 Å². The van der Waals surface area contributed by atoms with Gasteiger partial charge >= 0.3 is 5.97 Å². The molecule has 140 valence electrons. The van der Waals surface area contributed by atoms with E-state index >= 15 is 0 Å². The molecule has 4 rings (SSSR count). The molecule has 0 fully saturated rings. The summed E-state index contributed by atoms with van der Waals surface area (Å²) in [5.41, 5.74) is 3.71. The summed E-state index contributed by atoms with van der Waals surface area (Å²) in [6.45, 7) is 2.49. The minimum absolute atomic E-state index is 0.152. The fraction of sp³-hybridized carbons (Fsp3) is 0.0952. The number of aromatic nitrogens is 1. The maximum Gasteiger partial charge on any atom is 0.335 e. The van der Waals surface area contributed by atoms with Crippen LogP contribution < -0.4 is 4.80 Å². The Morgan fingerprint density at radius 2 is 1.96 bits per heavy atom. The van der Waals surface area contributed by atoms with Gasteiger partial charge in [-0.25, -0.2) is 9.79 Å². The van der Waals surface area contributed by atoms with E-state index in [4.69, 9.17) is 5.11 Å². The van der Waals surface area contributed by atoms with Gasteiger partial charge in [-0.05, 0) is 43.3 Å². The topological polar surface area (TPSA) is 87.2 Å². The van der Waals surface area contributed by atoms with E-state index in [-0.39, 0.29) is 11.4 Å². The van der Waals surface area contributed by atoms with Crippen molar-refractivity contribution >= 4 is 46.5 Å². The van der Waals surface area contributed by atoms with E-state index in [0.717, 1.165) is 16.8 Å². The monoisotopic (exact) mass is 391 g/mol. The lowest BCUT2D eigenvalue weighted by atomic mass is 10.1. The third kappa shape index (κ3) is 3.27. The summed E-state index contributed by atoms with van der Waals surface area (Å²) >= 11 is 1.37. The van der Waals surface area contributed by atoms with Crippen LogP contribution in [-0.2, 0) is 6.54 Å². The molecule has 0 atom stereocenters. The molecule has 0 amide bonds. The minimum atomic E-state index is -0.976. The first-order chi connectivity index (χ1) is 13.6. The summed E-state index contributed by atoms with van der Waals surface area (Å²) in [7, 11) is 0. The summed E-state index contributed by atoms with van der Waals surface area (Å²) in [4.78, 5) is 21.3. The van der Waals surface area contributed by atoms with E-state index in [0.29, 0.717) is 21.9 Å². The van der Waals surface area contributed by atoms with Crippen LogP contribution in [0.15, 0.2) is 58.5 Å². The van der Waals surface area contributed by atoms with Gasteiger partial charge in [0.05, 0.1) is 21.8 Å². The third-order valence-electron chi connectivity index (χ3n) is 4.41. The smallest absolute Gasteiger partial charge is 0.335 e. The Kier molecular flexibility index (Phi) is 4.67. The molecule has 0 radical (unpaired) electrons. The first-order valence-corrected chi connectivity index (χ1v) is 9.54. The Morgan fingerprint density at radius 1 is 1.21 bits per heavy atom. The number of rotatable bonds is 4. The van der Waals surface area contributed by atoms with Gasteiger partial charge < -0.3 is 10.2 Å². The van der Waals surface area contributed by atoms with Crippen molar-refractivity contribution in [2.24, 2.45) is 9.98 Å². The molecular formula is C21H17N3O3S. The quantitative estimate of drug-likeness (QED) is 0.688. The van der Waals surface area contributed by atoms with Gasteiger partial charge in [-0.15, -0.1) is 0 Å². The molecule has 3 aromatic rings. The average molecular weight is 391 g/mol. The molecule has 0 saturated carbocycles. The zero-order valence-corrected chi connectivity index (χ0v) is 15.8. The minimum Gasteiger partial charge on any atom is -0.493 e. The second kappa shape index (κ2) is 7.28. The van der Waals surface area contributed by atoms with E-state index in [1.165, 1.54) is 23.5 Å². The number of para-hydroxylation sites is 1. The van der Waals surface area contributed by atoms with Gasteiger partial charge in [0, 0.05) is 23.9 Å². The van der Waals surface area contributed by atoms with E-state index in [1.807, 2.05) is 37.3 Å². The lowest BCUT2D eigenvalue weighted by molar-refractivity contribution is 0.0697. The number of benzene rings is 2. The Morgan fingerprint density at radius 3 is 2.68 bits per heavy atom. The molecule has 1 aromatic heterocycles. The number of allylic oxidation sites excluding steroid dienone is 1. The van der Waals surface area contributed by atoms with Gasteiger partial charge in [0.15, 0.2) is 4.80 Å². The molecule has 0 spiro atoms. The molecular weight excluding hydrogens is 374 g/mol. The maximum absolute atomic E-state index is 11.0. The van der Waals surface area contributed by atoms with Crippen LogP contribution in [0.2, 0.25) is 0 Å². The molecule has 2 heterocycles. The molecule has 0 saturated heterocycles. The molecule has 7 heteroatoms. The fourth-order valence-electron chi connectivity index (χ4n) is 2.97. The van der Waals surface area contributed by atoms with Crippen LogP contribution in [0.5, 0.6) is 5.88 Å². The van der Waals surface area contributed by atoms with Crippen LogP contribution in [-0.4, -0.2) is 27.0 Å². The highest BCUT2D eigenvalue weighted by atomic mass is 32.1. The molecule has 0 bridgehead atoms. The number of nitrogens with zero attached hydrogens (tertiary/aromatic N) is 3. The SMILES string of the molecule is CCn1c(O)c(C=C2C=Nc3ccccc32)sc1=Nc1ccc(C(=O)O)cc1. The Labute approximate surface area is 165 Å². The van der Waals surface area contributed by atoms with Gasteiger partial charge in [-0.2, -0.15) is 0 Å². The number of hydrogen-bond donors (Lipinski definition) is 2. The van der Waals surface area contributed by atoms with Crippen molar-refractivity contribution < 1.29 is 15.0 Å². The van der Waals surface area contributed by atoms with Crippen molar-refractivity contribution in [3.63, 3.8) is 0 Å². The predicted molar refractivity (Wildman–Crippen MR) is 111 cm³/mol. The number of aromatic hydroxyl groups is 1. The van der Waals surface area contributed by atoms with E-state index in [2.05, 4.69) is 9.98 Å². The number of fused-ring (bicyclic) bond motifs is 1. The summed E-state index contributed by atoms with van der Waals surface area (Å²) in [5, 5.41) is 19.7. The van der Waals surface area contributed by atoms with Gasteiger partial charge in [0.25, 0.3) is 0 Å². The first kappa shape index (κ1) is 17.9. The standard InChI is InChI=1S/C21H17N3O3S/c1-2-24-19(25)18(11-14-12-22-17-6-4-3-5-16(14)17)28-21(24)23-15-9-7-13(8-10-15)20(26)27/h3-12,25H,2H2,1H3,(H,26,27). The normalized spacial score (nSPS) is 14.6. The van der Waals surface area contributed by atoms with Crippen molar-refractivity contribution in [1.82, 2.24) is 4.57 Å². The van der Waals surface area contributed by atoms with Gasteiger partial charge in [0.1, 0.15) is 0 Å². The number of carbonyl (C=O) groups is 1. The van der Waals surface area contributed by atoms with E-state index in [9.17, 15) is 9.90 Å². The van der Waals surface area contributed by atoms with Crippen molar-refractivity contribution in [3.8, 4) is 5.88 Å². The number of thiazole rings is 1. The number of carboxylic acid groups (broad SMARTS) is 1. The summed E-state index contributed by atoms with van der Waals surface area (Å²) in [6.07, 6.45) is 3.70. The predicted octanol–water partition coefficient (Wildman–Crippen LogP) is 4.46. The molecule has 0 aliphatic carbocycles. The van der Waals surface area contributed by atoms with E-state index < -0.39 is 5.97 Å². The van der Waals surface area contributed by atoms with Crippen molar-refractivity contribution in [3.05, 3.63) is 69.3 Å². The number of carboxylic acids is 1. The Hall–Kier alpha value is -3.45. The average Bonchev–Trinajstić information content (AvgIpc) is 3.23. The van der Waals surface area contributed by atoms with E-state index in [1.54, 1.807) is 22.9 Å². The molecule has 2 N–H and O–H groups in total. The second-order valence-electron chi connectivity index (χ2n) is 6.16. The lowest BCUT2D eigenvalue weighted by Crippen LogP contribution is -2.12. The Bertz CT molecular complexity index is 1180. The number of aromatic carboxylic acids is 1. The van der Waals surface area contributed by atoms with Gasteiger partial charge in [0.2, 0.25) is 5.88 Å². The largest absolute Gasteiger partial charge is 0.493 e. The highest BCUT2D eigenvalue weighted by Crippen LogP contribution is 2.34. The van der Waals surface area contributed by atoms with Crippen LogP contribution >= 0.6 is 11.3 Å². The zero-order chi connectivity index (χ0) is 19.7. The van der Waals surface area contributed by atoms with Crippen molar-refractivity contribution in [2.75, 3.05) is 0 Å². The zero-order valence-electron chi connectivity index (χ0n) is 15.0. The molecule has 1 aliphatic rings. The van der Waals surface area contributed by atoms with Crippen LogP contribution in [0.25, 0.3) is 11.6 Å². The number of hydrogen-bond acceptors (Lipinski definition) is 5. The molecule has 6 nitrogen and oxygen atoms in total. The maximum atomic E-state index is 11.0. The molecule has 0 unspecified atom stereocenters. The van der Waals surface area contributed by atoms with Crippen LogP contribution in [0.1, 0.15) is 27.7 Å². The van der Waals surface area contributed by atoms with Crippen LogP contribution in [0, 0.1) is 0 Å². The summed E-state index contributed by atoms with van der Waals surface area (Å²) in [6, 6.07) is 14.2. The van der Waals surface area contributed by atoms with Crippen LogP contribution in [0.4, 0.5) is 11.4 Å². The summed E-state index contributed by atoms with van der Waals surface area (Å²) < 4.78 is 1.72. The first-order valence-electron chi connectivity index (χ1n) is 8.72. The number of aliphatic imine (C=N–C) groups is 1. The van der Waals surface area contributed by atoms with Gasteiger partial charge in [-0.1, -0.05) is 29.5 Å². The van der Waals surface area contributed by atoms with Crippen LogP contribution in [0.3, 0.4) is 0 Å². The van der Waals surface area contributed by atoms with Crippen molar-refractivity contribution in [1.29, 1.82) is 0 Å². The molecule has 2 aromatic carbocycles. The lowest BCUT2D eigenvalue weighted by Gasteiger charge is -2.01. The molecule has 1 aliphatic heterocycles. The Balaban J connectivity index is 1.76.